The van der Waals surface area contributed by atoms with Crippen molar-refractivity contribution in [2.75, 3.05) is 32.7 Å². The highest BCUT2D eigenvalue weighted by Gasteiger charge is 2.21. The number of H-pyrrole nitrogens is 1. The van der Waals surface area contributed by atoms with Crippen molar-refractivity contribution in [3.8, 4) is 29.3 Å². The molecule has 1 fully saturated rings. The number of aromatic amines is 1. The molecular weight excluding hydrogens is 414 g/mol. The maximum atomic E-state index is 13.0. The van der Waals surface area contributed by atoms with Gasteiger partial charge in [-0.2, -0.15) is 0 Å². The predicted octanol–water partition coefficient (Wildman–Crippen LogP) is 3.08. The predicted molar refractivity (Wildman–Crippen MR) is 130 cm³/mol. The van der Waals surface area contributed by atoms with Gasteiger partial charge in [-0.25, -0.2) is 9.67 Å². The van der Waals surface area contributed by atoms with Gasteiger partial charge in [0.25, 0.3) is 11.5 Å². The van der Waals surface area contributed by atoms with Crippen LogP contribution in [0.2, 0.25) is 0 Å². The molecule has 0 saturated carbocycles. The van der Waals surface area contributed by atoms with E-state index in [0.717, 1.165) is 62.3 Å². The van der Waals surface area contributed by atoms with Crippen molar-refractivity contribution < 1.29 is 4.79 Å². The number of aromatic nitrogens is 3. The van der Waals surface area contributed by atoms with Crippen LogP contribution in [0, 0.1) is 19.3 Å². The van der Waals surface area contributed by atoms with E-state index in [4.69, 9.17) is 6.42 Å². The number of hydrogen-bond acceptors (Lipinski definition) is 4. The minimum absolute atomic E-state index is 0.0175. The molecule has 2 aromatic heterocycles. The molecule has 0 spiro atoms. The van der Waals surface area contributed by atoms with E-state index in [1.165, 1.54) is 4.68 Å². The first kappa shape index (κ1) is 22.6. The fourth-order valence-electron chi connectivity index (χ4n) is 4.33. The molecule has 0 unspecified atom stereocenters. The Morgan fingerprint density at radius 2 is 2.00 bits per heavy atom. The summed E-state index contributed by atoms with van der Waals surface area (Å²) < 4.78 is 1.38. The van der Waals surface area contributed by atoms with E-state index in [2.05, 4.69) is 27.8 Å². The Labute approximate surface area is 194 Å². The number of pyridine rings is 1. The van der Waals surface area contributed by atoms with Gasteiger partial charge >= 0.3 is 0 Å². The van der Waals surface area contributed by atoms with Crippen molar-refractivity contribution in [1.29, 1.82) is 0 Å². The highest BCUT2D eigenvalue weighted by Crippen LogP contribution is 2.21. The summed E-state index contributed by atoms with van der Waals surface area (Å²) in [5.41, 5.74) is 3.39. The molecule has 0 radical (unpaired) electrons. The van der Waals surface area contributed by atoms with E-state index in [1.54, 1.807) is 24.5 Å². The molecule has 3 aromatic rings. The third-order valence-corrected chi connectivity index (χ3v) is 6.09. The van der Waals surface area contributed by atoms with E-state index in [1.807, 2.05) is 30.0 Å². The second kappa shape index (κ2) is 9.88. The summed E-state index contributed by atoms with van der Waals surface area (Å²) in [7, 11) is 0. The summed E-state index contributed by atoms with van der Waals surface area (Å²) in [6, 6.07) is 9.00. The molecule has 7 heteroatoms. The van der Waals surface area contributed by atoms with E-state index < -0.39 is 0 Å². The van der Waals surface area contributed by atoms with Crippen LogP contribution in [0.4, 0.5) is 0 Å². The fourth-order valence-corrected chi connectivity index (χ4v) is 4.33. The van der Waals surface area contributed by atoms with Gasteiger partial charge in [0.1, 0.15) is 0 Å². The zero-order valence-corrected chi connectivity index (χ0v) is 19.2. The zero-order chi connectivity index (χ0) is 23.4. The van der Waals surface area contributed by atoms with Gasteiger partial charge in [0.2, 0.25) is 0 Å². The normalized spacial score (nSPS) is 14.6. The molecule has 1 aromatic carbocycles. The Balaban J connectivity index is 1.52. The largest absolute Gasteiger partial charge is 0.337 e. The van der Waals surface area contributed by atoms with Gasteiger partial charge in [0, 0.05) is 37.6 Å². The van der Waals surface area contributed by atoms with E-state index >= 15 is 0 Å². The Morgan fingerprint density at radius 3 is 2.70 bits per heavy atom. The molecule has 33 heavy (non-hydrogen) atoms. The van der Waals surface area contributed by atoms with Crippen molar-refractivity contribution in [2.24, 2.45) is 0 Å². The quantitative estimate of drug-likeness (QED) is 0.615. The third-order valence-electron chi connectivity index (χ3n) is 6.09. The Morgan fingerprint density at radius 1 is 1.15 bits per heavy atom. The third kappa shape index (κ3) is 4.76. The molecule has 1 saturated heterocycles. The summed E-state index contributed by atoms with van der Waals surface area (Å²) in [5, 5.41) is 2.98. The summed E-state index contributed by atoms with van der Waals surface area (Å²) in [6.07, 6.45) is 10.8. The maximum absolute atomic E-state index is 13.0. The first-order valence-electron chi connectivity index (χ1n) is 11.4. The molecule has 0 aliphatic carbocycles. The minimum atomic E-state index is -0.207. The van der Waals surface area contributed by atoms with Gasteiger partial charge in [-0.05, 0) is 68.2 Å². The Bertz CT molecular complexity index is 1230. The molecule has 170 valence electrons. The van der Waals surface area contributed by atoms with Crippen molar-refractivity contribution in [3.63, 3.8) is 0 Å². The standard InChI is InChI=1S/C26H29N5O2/c1-4-11-29-12-6-13-30(15-14-29)25(32)21-8-10-24(27-17-21)31-26(33)23(18-28-31)22-9-7-20(5-2)16-19(22)3/h2,7-10,16-18,28H,4,6,11-15H2,1,3H3. The molecule has 7 nitrogen and oxygen atoms in total. The van der Waals surface area contributed by atoms with Crippen molar-refractivity contribution in [3.05, 3.63) is 69.8 Å². The van der Waals surface area contributed by atoms with Crippen LogP contribution in [-0.2, 0) is 0 Å². The van der Waals surface area contributed by atoms with E-state index in [9.17, 15) is 9.59 Å². The lowest BCUT2D eigenvalue weighted by atomic mass is 10.0. The van der Waals surface area contributed by atoms with Gasteiger partial charge in [-0.15, -0.1) is 6.42 Å². The number of benzene rings is 1. The lowest BCUT2D eigenvalue weighted by molar-refractivity contribution is 0.0761. The van der Waals surface area contributed by atoms with Gasteiger partial charge in [-0.1, -0.05) is 18.9 Å². The van der Waals surface area contributed by atoms with Crippen LogP contribution in [-0.4, -0.2) is 63.2 Å². The van der Waals surface area contributed by atoms with Gasteiger partial charge in [0.05, 0.1) is 11.1 Å². The lowest BCUT2D eigenvalue weighted by Crippen LogP contribution is -2.35. The van der Waals surface area contributed by atoms with Crippen molar-refractivity contribution >= 4 is 5.91 Å². The SMILES string of the molecule is C#Cc1ccc(-c2c[nH]n(-c3ccc(C(=O)N4CCCN(CCC)CC4)cn3)c2=O)c(C)c1. The average molecular weight is 444 g/mol. The summed E-state index contributed by atoms with van der Waals surface area (Å²) in [5.74, 6) is 3.03. The number of hydrogen-bond donors (Lipinski definition) is 1. The average Bonchev–Trinajstić information content (AvgIpc) is 3.05. The summed E-state index contributed by atoms with van der Waals surface area (Å²) in [4.78, 5) is 34.7. The van der Waals surface area contributed by atoms with Crippen LogP contribution in [0.25, 0.3) is 16.9 Å². The molecule has 1 aliphatic rings. The molecule has 4 rings (SSSR count). The molecule has 0 bridgehead atoms. The van der Waals surface area contributed by atoms with Crippen LogP contribution >= 0.6 is 0 Å². The summed E-state index contributed by atoms with van der Waals surface area (Å²) in [6.45, 7) is 8.56. The molecule has 1 amide bonds. The highest BCUT2D eigenvalue weighted by molar-refractivity contribution is 5.94. The van der Waals surface area contributed by atoms with Gasteiger partial charge in [0.15, 0.2) is 5.82 Å². The molecule has 1 N–H and O–H groups in total. The maximum Gasteiger partial charge on any atom is 0.280 e. The monoisotopic (exact) mass is 443 g/mol. The summed E-state index contributed by atoms with van der Waals surface area (Å²) >= 11 is 0. The molecule has 1 aliphatic heterocycles. The van der Waals surface area contributed by atoms with Gasteiger partial charge in [-0.3, -0.25) is 14.7 Å². The van der Waals surface area contributed by atoms with Crippen LogP contribution in [0.5, 0.6) is 0 Å². The Hall–Kier alpha value is -3.63. The van der Waals surface area contributed by atoms with Crippen LogP contribution in [0.3, 0.4) is 0 Å². The topological polar surface area (TPSA) is 74.2 Å². The number of carbonyl (C=O) groups excluding carboxylic acids is 1. The first-order chi connectivity index (χ1) is 16.0. The second-order valence-electron chi connectivity index (χ2n) is 8.39. The van der Waals surface area contributed by atoms with Crippen LogP contribution in [0.15, 0.2) is 47.5 Å². The molecule has 3 heterocycles. The number of carbonyl (C=O) groups is 1. The van der Waals surface area contributed by atoms with Crippen LogP contribution in [0.1, 0.15) is 41.3 Å². The second-order valence-corrected chi connectivity index (χ2v) is 8.39. The molecule has 0 atom stereocenters. The number of nitrogens with zero attached hydrogens (tertiary/aromatic N) is 4. The van der Waals surface area contributed by atoms with Gasteiger partial charge < -0.3 is 9.80 Å². The fraction of sp³-hybridized carbons (Fsp3) is 0.346. The number of rotatable bonds is 5. The molecular formula is C26H29N5O2. The first-order valence-corrected chi connectivity index (χ1v) is 11.4. The zero-order valence-electron chi connectivity index (χ0n) is 19.2. The smallest absolute Gasteiger partial charge is 0.280 e. The number of terminal acetylenes is 1. The number of amides is 1. The van der Waals surface area contributed by atoms with E-state index in [0.29, 0.717) is 16.9 Å². The minimum Gasteiger partial charge on any atom is -0.337 e. The number of aryl methyl sites for hydroxylation is 1. The lowest BCUT2D eigenvalue weighted by Gasteiger charge is -2.21. The van der Waals surface area contributed by atoms with Crippen LogP contribution < -0.4 is 5.56 Å². The Kier molecular flexibility index (Phi) is 6.76. The highest BCUT2D eigenvalue weighted by atomic mass is 16.2. The van der Waals surface area contributed by atoms with Crippen molar-refractivity contribution in [2.45, 2.75) is 26.7 Å². The number of nitrogens with one attached hydrogen (secondary N) is 1. The van der Waals surface area contributed by atoms with E-state index in [-0.39, 0.29) is 11.5 Å². The van der Waals surface area contributed by atoms with Crippen molar-refractivity contribution in [1.82, 2.24) is 24.6 Å².